The Morgan fingerprint density at radius 1 is 1.29 bits per heavy atom. The van der Waals surface area contributed by atoms with Gasteiger partial charge in [0.1, 0.15) is 17.6 Å². The maximum Gasteiger partial charge on any atom is 0.223 e. The lowest BCUT2D eigenvalue weighted by Gasteiger charge is -2.08. The van der Waals surface area contributed by atoms with Gasteiger partial charge < -0.3 is 20.5 Å². The molecule has 21 heavy (non-hydrogen) atoms. The number of nitrogens with zero attached hydrogens (tertiary/aromatic N) is 3. The van der Waals surface area contributed by atoms with Gasteiger partial charge in [-0.15, -0.1) is 0 Å². The van der Waals surface area contributed by atoms with E-state index in [1.165, 1.54) is 0 Å². The van der Waals surface area contributed by atoms with Crippen LogP contribution < -0.4 is 15.8 Å². The minimum Gasteiger partial charge on any atom is -0.475 e. The van der Waals surface area contributed by atoms with Crippen molar-refractivity contribution in [1.82, 2.24) is 15.0 Å². The maximum absolute atomic E-state index is 5.80. The fraction of sp³-hybridized carbons (Fsp3) is 0.308. The van der Waals surface area contributed by atoms with E-state index in [2.05, 4.69) is 20.3 Å². The van der Waals surface area contributed by atoms with Gasteiger partial charge >= 0.3 is 0 Å². The number of aromatic nitrogens is 3. The largest absolute Gasteiger partial charge is 0.475 e. The zero-order chi connectivity index (χ0) is 15.1. The highest BCUT2D eigenvalue weighted by Crippen LogP contribution is 2.14. The quantitative estimate of drug-likeness (QED) is 0.594. The molecule has 0 saturated heterocycles. The third-order valence-corrected chi connectivity index (χ3v) is 2.71. The van der Waals surface area contributed by atoms with Crippen LogP contribution in [0.4, 0.5) is 11.8 Å². The Morgan fingerprint density at radius 2 is 2.14 bits per heavy atom. The predicted molar refractivity (Wildman–Crippen MR) is 80.4 cm³/mol. The highest BCUT2D eigenvalue weighted by Gasteiger charge is 2.01. The first-order valence-electron chi connectivity index (χ1n) is 6.28. The fourth-order valence-corrected chi connectivity index (χ4v) is 1.74. The van der Waals surface area contributed by atoms with Gasteiger partial charge in [-0.1, -0.05) is 17.7 Å². The molecule has 0 unspecified atom stereocenters. The summed E-state index contributed by atoms with van der Waals surface area (Å²) in [5, 5.41) is 3.39. The molecule has 0 fully saturated rings. The molecule has 0 aliphatic carbocycles. The van der Waals surface area contributed by atoms with E-state index in [1.807, 2.05) is 6.07 Å². The molecule has 0 aliphatic rings. The van der Waals surface area contributed by atoms with Crippen molar-refractivity contribution >= 4 is 23.4 Å². The molecular weight excluding hydrogens is 294 g/mol. The molecule has 112 valence electrons. The van der Waals surface area contributed by atoms with E-state index in [0.717, 1.165) is 5.56 Å². The maximum atomic E-state index is 5.80. The number of nitrogens with one attached hydrogen (secondary N) is 1. The van der Waals surface area contributed by atoms with Crippen LogP contribution in [-0.2, 0) is 11.3 Å². The highest BCUT2D eigenvalue weighted by atomic mass is 35.5. The van der Waals surface area contributed by atoms with Crippen molar-refractivity contribution in [2.45, 2.75) is 6.54 Å². The molecule has 8 heteroatoms. The Kier molecular flexibility index (Phi) is 5.53. The Bertz CT molecular complexity index is 559. The lowest BCUT2D eigenvalue weighted by Crippen LogP contribution is -2.06. The number of pyridine rings is 1. The number of hydrogen-bond acceptors (Lipinski definition) is 7. The summed E-state index contributed by atoms with van der Waals surface area (Å²) in [6.07, 6.45) is 1.72. The molecule has 0 bridgehead atoms. The second-order valence-corrected chi connectivity index (χ2v) is 4.52. The Hall–Kier alpha value is -2.12. The van der Waals surface area contributed by atoms with Gasteiger partial charge in [-0.05, 0) is 5.56 Å². The number of halogens is 1. The summed E-state index contributed by atoms with van der Waals surface area (Å²) in [5.41, 5.74) is 6.49. The van der Waals surface area contributed by atoms with Crippen LogP contribution >= 0.6 is 11.6 Å². The van der Waals surface area contributed by atoms with E-state index in [4.69, 9.17) is 26.8 Å². The summed E-state index contributed by atoms with van der Waals surface area (Å²) < 4.78 is 10.3. The van der Waals surface area contributed by atoms with Gasteiger partial charge in [-0.25, -0.2) is 9.97 Å². The average molecular weight is 310 g/mol. The van der Waals surface area contributed by atoms with E-state index in [9.17, 15) is 0 Å². The molecule has 0 spiro atoms. The standard InChI is InChI=1S/C13H16ClN5O2/c1-20-4-5-21-12-3-2-9(8-17-12)7-16-11-6-10(14)18-13(15)19-11/h2-3,6,8H,4-5,7H2,1H3,(H3,15,16,18,19). The molecule has 2 aromatic heterocycles. The number of nitrogens with two attached hydrogens (primary N) is 1. The highest BCUT2D eigenvalue weighted by molar-refractivity contribution is 6.29. The van der Waals surface area contributed by atoms with Crippen LogP contribution in [0.1, 0.15) is 5.56 Å². The molecule has 0 saturated carbocycles. The van der Waals surface area contributed by atoms with Crippen molar-refractivity contribution in [3.8, 4) is 5.88 Å². The van der Waals surface area contributed by atoms with E-state index in [-0.39, 0.29) is 5.95 Å². The van der Waals surface area contributed by atoms with Gasteiger partial charge in [-0.3, -0.25) is 0 Å². The average Bonchev–Trinajstić information content (AvgIpc) is 2.46. The topological polar surface area (TPSA) is 95.2 Å². The van der Waals surface area contributed by atoms with Crippen LogP contribution in [0.3, 0.4) is 0 Å². The second-order valence-electron chi connectivity index (χ2n) is 4.13. The number of nitrogen functional groups attached to an aromatic ring is 1. The van der Waals surface area contributed by atoms with Gasteiger partial charge in [0.15, 0.2) is 0 Å². The smallest absolute Gasteiger partial charge is 0.223 e. The molecule has 2 rings (SSSR count). The van der Waals surface area contributed by atoms with Crippen LogP contribution in [0.25, 0.3) is 0 Å². The van der Waals surface area contributed by atoms with E-state index < -0.39 is 0 Å². The zero-order valence-electron chi connectivity index (χ0n) is 11.5. The third-order valence-electron chi connectivity index (χ3n) is 2.52. The van der Waals surface area contributed by atoms with Crippen molar-refractivity contribution in [2.24, 2.45) is 0 Å². The molecule has 7 nitrogen and oxygen atoms in total. The number of hydrogen-bond donors (Lipinski definition) is 2. The molecule has 2 heterocycles. The van der Waals surface area contributed by atoms with Gasteiger partial charge in [0.2, 0.25) is 11.8 Å². The van der Waals surface area contributed by atoms with Crippen LogP contribution in [0, 0.1) is 0 Å². The second kappa shape index (κ2) is 7.61. The van der Waals surface area contributed by atoms with Crippen LogP contribution in [0.5, 0.6) is 5.88 Å². The number of ether oxygens (including phenoxy) is 2. The summed E-state index contributed by atoms with van der Waals surface area (Å²) in [6, 6.07) is 5.32. The van der Waals surface area contributed by atoms with Gasteiger partial charge in [0.25, 0.3) is 0 Å². The van der Waals surface area contributed by atoms with Crippen molar-refractivity contribution in [2.75, 3.05) is 31.4 Å². The first kappa shape index (κ1) is 15.3. The molecular formula is C13H16ClN5O2. The summed E-state index contributed by atoms with van der Waals surface area (Å²) in [7, 11) is 1.62. The molecule has 3 N–H and O–H groups in total. The minimum atomic E-state index is 0.130. The number of anilines is 2. The Morgan fingerprint density at radius 3 is 2.81 bits per heavy atom. The summed E-state index contributed by atoms with van der Waals surface area (Å²) in [6.45, 7) is 1.54. The van der Waals surface area contributed by atoms with Gasteiger partial charge in [-0.2, -0.15) is 4.98 Å². The molecule has 0 aliphatic heterocycles. The lowest BCUT2D eigenvalue weighted by atomic mass is 10.3. The summed E-state index contributed by atoms with van der Waals surface area (Å²) >= 11 is 5.80. The molecule has 0 amide bonds. The van der Waals surface area contributed by atoms with Crippen LogP contribution in [0.15, 0.2) is 24.4 Å². The first-order chi connectivity index (χ1) is 10.2. The molecule has 0 aromatic carbocycles. The number of rotatable bonds is 7. The van der Waals surface area contributed by atoms with Gasteiger partial charge in [0, 0.05) is 32.0 Å². The van der Waals surface area contributed by atoms with Crippen molar-refractivity contribution in [1.29, 1.82) is 0 Å². The Labute approximate surface area is 127 Å². The van der Waals surface area contributed by atoms with E-state index in [0.29, 0.717) is 36.6 Å². The van der Waals surface area contributed by atoms with Crippen LogP contribution in [0.2, 0.25) is 5.15 Å². The molecule has 0 atom stereocenters. The molecule has 2 aromatic rings. The zero-order valence-corrected chi connectivity index (χ0v) is 12.3. The van der Waals surface area contributed by atoms with Crippen molar-refractivity contribution in [3.63, 3.8) is 0 Å². The van der Waals surface area contributed by atoms with Crippen LogP contribution in [-0.4, -0.2) is 35.3 Å². The van der Waals surface area contributed by atoms with E-state index >= 15 is 0 Å². The minimum absolute atomic E-state index is 0.130. The number of methoxy groups -OCH3 is 1. The summed E-state index contributed by atoms with van der Waals surface area (Å²) in [5.74, 6) is 1.25. The van der Waals surface area contributed by atoms with Crippen molar-refractivity contribution < 1.29 is 9.47 Å². The fourth-order valence-electron chi connectivity index (χ4n) is 1.55. The lowest BCUT2D eigenvalue weighted by molar-refractivity contribution is 0.143. The SMILES string of the molecule is COCCOc1ccc(CNc2cc(Cl)nc(N)n2)cn1. The molecule has 0 radical (unpaired) electrons. The van der Waals surface area contributed by atoms with Crippen molar-refractivity contribution in [3.05, 3.63) is 35.1 Å². The first-order valence-corrected chi connectivity index (χ1v) is 6.66. The predicted octanol–water partition coefficient (Wildman–Crippen LogP) is 1.74. The monoisotopic (exact) mass is 309 g/mol. The normalized spacial score (nSPS) is 10.4. The Balaban J connectivity index is 1.88. The summed E-state index contributed by atoms with van der Waals surface area (Å²) in [4.78, 5) is 12.0. The van der Waals surface area contributed by atoms with Gasteiger partial charge in [0.05, 0.1) is 6.61 Å². The third kappa shape index (κ3) is 5.05. The van der Waals surface area contributed by atoms with E-state index in [1.54, 1.807) is 25.4 Å².